The van der Waals surface area contributed by atoms with Crippen molar-refractivity contribution in [3.63, 3.8) is 0 Å². The van der Waals surface area contributed by atoms with E-state index in [2.05, 4.69) is 10.6 Å². The van der Waals surface area contributed by atoms with Crippen molar-refractivity contribution in [3.8, 4) is 0 Å². The number of nitrogens with one attached hydrogen (secondary N) is 2. The van der Waals surface area contributed by atoms with E-state index in [0.717, 1.165) is 11.4 Å². The maximum absolute atomic E-state index is 11.9. The number of carboxylic acid groups (broad SMARTS) is 1. The number of amides is 1. The third-order valence-electron chi connectivity index (χ3n) is 2.93. The fraction of sp³-hybridized carbons (Fsp3) is 0.385. The van der Waals surface area contributed by atoms with E-state index in [1.807, 2.05) is 30.3 Å². The molecule has 0 aliphatic carbocycles. The second-order valence-corrected chi connectivity index (χ2v) is 5.39. The van der Waals surface area contributed by atoms with E-state index < -0.39 is 12.0 Å². The minimum atomic E-state index is -1.01. The zero-order valence-corrected chi connectivity index (χ0v) is 11.2. The first kappa shape index (κ1) is 13.9. The van der Waals surface area contributed by atoms with Gasteiger partial charge in [-0.15, -0.1) is 11.8 Å². The highest BCUT2D eigenvalue weighted by molar-refractivity contribution is 7.99. The lowest BCUT2D eigenvalue weighted by atomic mass is 10.1. The summed E-state index contributed by atoms with van der Waals surface area (Å²) in [5.74, 6) is 0.161. The Balaban J connectivity index is 1.96. The lowest BCUT2D eigenvalue weighted by Gasteiger charge is -2.17. The molecule has 0 radical (unpaired) electrons. The van der Waals surface area contributed by atoms with Crippen molar-refractivity contribution in [2.75, 3.05) is 11.6 Å². The highest BCUT2D eigenvalue weighted by atomic mass is 32.2. The average Bonchev–Trinajstić information content (AvgIpc) is 2.93. The molecule has 2 rings (SSSR count). The summed E-state index contributed by atoms with van der Waals surface area (Å²) in [7, 11) is 0. The number of carbonyl (C=O) groups is 2. The molecule has 102 valence electrons. The second kappa shape index (κ2) is 6.58. The van der Waals surface area contributed by atoms with Crippen LogP contribution in [0.2, 0.25) is 0 Å². The van der Waals surface area contributed by atoms with Crippen LogP contribution in [0.5, 0.6) is 0 Å². The Labute approximate surface area is 115 Å². The summed E-state index contributed by atoms with van der Waals surface area (Å²) >= 11 is 1.63. The minimum Gasteiger partial charge on any atom is -0.480 e. The van der Waals surface area contributed by atoms with Crippen LogP contribution in [0.15, 0.2) is 30.3 Å². The third-order valence-corrected chi connectivity index (χ3v) is 3.87. The van der Waals surface area contributed by atoms with Crippen molar-refractivity contribution < 1.29 is 14.7 Å². The molecule has 0 bridgehead atoms. The summed E-state index contributed by atoms with van der Waals surface area (Å²) in [6.45, 7) is 0. The molecule has 1 heterocycles. The Kier molecular flexibility index (Phi) is 4.81. The Bertz CT molecular complexity index is 446. The molecule has 1 aromatic rings. The van der Waals surface area contributed by atoms with E-state index in [9.17, 15) is 14.7 Å². The molecule has 0 saturated carbocycles. The molecular formula is C13H16N2O3S. The van der Waals surface area contributed by atoms with Crippen LogP contribution in [0, 0.1) is 0 Å². The molecule has 1 fully saturated rings. The van der Waals surface area contributed by atoms with Gasteiger partial charge in [0.2, 0.25) is 5.91 Å². The molecule has 1 aliphatic heterocycles. The molecule has 0 aromatic heterocycles. The smallest absolute Gasteiger partial charge is 0.326 e. The van der Waals surface area contributed by atoms with Crippen LogP contribution < -0.4 is 10.6 Å². The standard InChI is InChI=1S/C13H16N2O3S/c16-12(11-7-19-8-14-11)15-10(13(17)18)6-9-4-2-1-3-5-9/h1-5,10-11,14H,6-8H2,(H,15,16)(H,17,18)/t10-,11?/m1/s1. The molecule has 5 nitrogen and oxygen atoms in total. The Hall–Kier alpha value is -1.53. The summed E-state index contributed by atoms with van der Waals surface area (Å²) in [6.07, 6.45) is 0.293. The van der Waals surface area contributed by atoms with Gasteiger partial charge >= 0.3 is 5.97 Å². The minimum absolute atomic E-state index is 0.242. The number of hydrogen-bond acceptors (Lipinski definition) is 4. The summed E-state index contributed by atoms with van der Waals surface area (Å²) in [5, 5.41) is 14.8. The lowest BCUT2D eigenvalue weighted by Crippen LogP contribution is -2.50. The van der Waals surface area contributed by atoms with Crippen LogP contribution in [0.3, 0.4) is 0 Å². The topological polar surface area (TPSA) is 78.4 Å². The number of aliphatic carboxylic acids is 1. The van der Waals surface area contributed by atoms with Crippen LogP contribution in [-0.4, -0.2) is 40.7 Å². The van der Waals surface area contributed by atoms with Gasteiger partial charge in [0, 0.05) is 18.1 Å². The predicted molar refractivity (Wildman–Crippen MR) is 74.0 cm³/mol. The van der Waals surface area contributed by atoms with Crippen LogP contribution in [0.25, 0.3) is 0 Å². The van der Waals surface area contributed by atoms with Crippen LogP contribution in [0.1, 0.15) is 5.56 Å². The largest absolute Gasteiger partial charge is 0.480 e. The molecule has 1 amide bonds. The normalized spacial score (nSPS) is 19.9. The van der Waals surface area contributed by atoms with Gasteiger partial charge in [0.05, 0.1) is 6.04 Å². The average molecular weight is 280 g/mol. The summed E-state index contributed by atoms with van der Waals surface area (Å²) in [6, 6.07) is 8.11. The van der Waals surface area contributed by atoms with Gasteiger partial charge in [0.15, 0.2) is 0 Å². The number of rotatable bonds is 5. The van der Waals surface area contributed by atoms with Gasteiger partial charge in [-0.3, -0.25) is 10.1 Å². The molecule has 1 aliphatic rings. The van der Waals surface area contributed by atoms with Gasteiger partial charge in [0.1, 0.15) is 6.04 Å². The van der Waals surface area contributed by atoms with Gasteiger partial charge in [-0.25, -0.2) is 4.79 Å². The van der Waals surface area contributed by atoms with E-state index in [1.165, 1.54) is 0 Å². The summed E-state index contributed by atoms with van der Waals surface area (Å²) < 4.78 is 0. The van der Waals surface area contributed by atoms with Crippen LogP contribution >= 0.6 is 11.8 Å². The molecule has 19 heavy (non-hydrogen) atoms. The molecule has 0 spiro atoms. The fourth-order valence-corrected chi connectivity index (χ4v) is 2.83. The Morgan fingerprint density at radius 3 is 2.74 bits per heavy atom. The van der Waals surface area contributed by atoms with Gasteiger partial charge < -0.3 is 10.4 Å². The predicted octanol–water partition coefficient (Wildman–Crippen LogP) is 0.461. The highest BCUT2D eigenvalue weighted by Gasteiger charge is 2.27. The molecule has 1 unspecified atom stereocenters. The van der Waals surface area contributed by atoms with E-state index in [1.54, 1.807) is 11.8 Å². The molecule has 1 saturated heterocycles. The maximum atomic E-state index is 11.9. The van der Waals surface area contributed by atoms with Crippen molar-refractivity contribution in [1.82, 2.24) is 10.6 Å². The van der Waals surface area contributed by atoms with E-state index in [4.69, 9.17) is 0 Å². The fourth-order valence-electron chi connectivity index (χ4n) is 1.89. The monoisotopic (exact) mass is 280 g/mol. The first-order valence-electron chi connectivity index (χ1n) is 6.05. The SMILES string of the molecule is O=C(N[C@H](Cc1ccccc1)C(=O)O)C1CSCN1. The molecule has 6 heteroatoms. The van der Waals surface area contributed by atoms with E-state index in [-0.39, 0.29) is 11.9 Å². The third kappa shape index (κ3) is 3.97. The molecular weight excluding hydrogens is 264 g/mol. The summed E-state index contributed by atoms with van der Waals surface area (Å²) in [4.78, 5) is 23.1. The van der Waals surface area contributed by atoms with Crippen molar-refractivity contribution >= 4 is 23.6 Å². The zero-order chi connectivity index (χ0) is 13.7. The van der Waals surface area contributed by atoms with Crippen LogP contribution in [0.4, 0.5) is 0 Å². The van der Waals surface area contributed by atoms with Gasteiger partial charge in [-0.05, 0) is 5.56 Å². The maximum Gasteiger partial charge on any atom is 0.326 e. The number of carbonyl (C=O) groups excluding carboxylic acids is 1. The van der Waals surface area contributed by atoms with Gasteiger partial charge in [-0.1, -0.05) is 30.3 Å². The lowest BCUT2D eigenvalue weighted by molar-refractivity contribution is -0.142. The quantitative estimate of drug-likeness (QED) is 0.730. The molecule has 1 aromatic carbocycles. The number of hydrogen-bond donors (Lipinski definition) is 3. The van der Waals surface area contributed by atoms with E-state index in [0.29, 0.717) is 12.2 Å². The molecule has 2 atom stereocenters. The zero-order valence-electron chi connectivity index (χ0n) is 10.3. The first-order chi connectivity index (χ1) is 9.16. The van der Waals surface area contributed by atoms with Crippen molar-refractivity contribution in [2.45, 2.75) is 18.5 Å². The van der Waals surface area contributed by atoms with Gasteiger partial charge in [0.25, 0.3) is 0 Å². The second-order valence-electron chi connectivity index (χ2n) is 4.36. The van der Waals surface area contributed by atoms with E-state index >= 15 is 0 Å². The Morgan fingerprint density at radius 2 is 2.16 bits per heavy atom. The number of benzene rings is 1. The van der Waals surface area contributed by atoms with Crippen molar-refractivity contribution in [3.05, 3.63) is 35.9 Å². The van der Waals surface area contributed by atoms with Crippen molar-refractivity contribution in [2.24, 2.45) is 0 Å². The first-order valence-corrected chi connectivity index (χ1v) is 7.20. The Morgan fingerprint density at radius 1 is 1.42 bits per heavy atom. The number of carboxylic acids is 1. The highest BCUT2D eigenvalue weighted by Crippen LogP contribution is 2.10. The molecule has 3 N–H and O–H groups in total. The van der Waals surface area contributed by atoms with Crippen molar-refractivity contribution in [1.29, 1.82) is 0 Å². The number of thioether (sulfide) groups is 1. The van der Waals surface area contributed by atoms with Gasteiger partial charge in [-0.2, -0.15) is 0 Å². The van der Waals surface area contributed by atoms with Crippen LogP contribution in [-0.2, 0) is 16.0 Å². The summed E-state index contributed by atoms with van der Waals surface area (Å²) in [5.41, 5.74) is 0.893.